The summed E-state index contributed by atoms with van der Waals surface area (Å²) in [5, 5.41) is 23.0. The number of fused-ring (bicyclic) bond motifs is 1. The predicted octanol–water partition coefficient (Wildman–Crippen LogP) is 1.34. The zero-order valence-electron chi connectivity index (χ0n) is 12.5. The second kappa shape index (κ2) is 5.94. The van der Waals surface area contributed by atoms with Crippen LogP contribution in [0.4, 0.5) is 26.1 Å². The lowest BCUT2D eigenvalue weighted by Gasteiger charge is -2.26. The molecule has 0 fully saturated rings. The maximum absolute atomic E-state index is 14.3. The molecule has 0 saturated heterocycles. The Morgan fingerprint density at radius 2 is 2.00 bits per heavy atom. The van der Waals surface area contributed by atoms with Crippen molar-refractivity contribution >= 4 is 23.3 Å². The van der Waals surface area contributed by atoms with Gasteiger partial charge in [0.25, 0.3) is 0 Å². The third kappa shape index (κ3) is 2.62. The number of hydrogen-bond acceptors (Lipinski definition) is 8. The van der Waals surface area contributed by atoms with Crippen LogP contribution in [0.2, 0.25) is 0 Å². The van der Waals surface area contributed by atoms with Gasteiger partial charge in [-0.1, -0.05) is 6.07 Å². The van der Waals surface area contributed by atoms with E-state index >= 15 is 0 Å². The maximum Gasteiger partial charge on any atom is 0.211 e. The highest BCUT2D eigenvalue weighted by Crippen LogP contribution is 2.41. The molecule has 3 rings (SSSR count). The second-order valence-corrected chi connectivity index (χ2v) is 5.07. The summed E-state index contributed by atoms with van der Waals surface area (Å²) < 4.78 is 27.5. The van der Waals surface area contributed by atoms with E-state index in [4.69, 9.17) is 16.7 Å². The van der Waals surface area contributed by atoms with Gasteiger partial charge >= 0.3 is 0 Å². The van der Waals surface area contributed by atoms with Crippen LogP contribution in [0.15, 0.2) is 23.2 Å². The first-order valence-corrected chi connectivity index (χ1v) is 6.90. The van der Waals surface area contributed by atoms with Crippen molar-refractivity contribution in [1.29, 1.82) is 10.5 Å². The van der Waals surface area contributed by atoms with Crippen LogP contribution in [0, 0.1) is 34.4 Å². The predicted molar refractivity (Wildman–Crippen MR) is 85.8 cm³/mol. The van der Waals surface area contributed by atoms with Crippen LogP contribution in [-0.2, 0) is 0 Å². The summed E-state index contributed by atoms with van der Waals surface area (Å²) in [6.07, 6.45) is 1.68. The molecule has 6 N–H and O–H groups in total. The number of aromatic nitrogens is 1. The molecule has 124 valence electrons. The van der Waals surface area contributed by atoms with Crippen LogP contribution in [0.3, 0.4) is 0 Å². The van der Waals surface area contributed by atoms with Crippen LogP contribution in [-0.4, -0.2) is 10.9 Å². The zero-order chi connectivity index (χ0) is 18.1. The first-order chi connectivity index (χ1) is 12.0. The molecule has 1 aromatic carbocycles. The minimum Gasteiger partial charge on any atom is -0.397 e. The average Bonchev–Trinajstić information content (AvgIpc) is 2.54. The zero-order valence-corrected chi connectivity index (χ0v) is 12.5. The van der Waals surface area contributed by atoms with E-state index in [0.29, 0.717) is 6.07 Å². The number of benzene rings is 1. The monoisotopic (exact) mass is 340 g/mol. The number of nitrogens with one attached hydrogen (secondary N) is 2. The highest BCUT2D eigenvalue weighted by atomic mass is 19.1. The van der Waals surface area contributed by atoms with E-state index in [1.54, 1.807) is 6.19 Å². The Labute approximate surface area is 140 Å². The lowest BCUT2D eigenvalue weighted by atomic mass is 9.95. The van der Waals surface area contributed by atoms with Gasteiger partial charge in [-0.2, -0.15) is 10.5 Å². The summed E-state index contributed by atoms with van der Waals surface area (Å²) in [6.45, 7) is 0. The van der Waals surface area contributed by atoms with E-state index in [0.717, 1.165) is 6.07 Å². The number of halogens is 2. The molecule has 0 radical (unpaired) electrons. The summed E-state index contributed by atoms with van der Waals surface area (Å²) in [6, 6.07) is 3.77. The second-order valence-electron chi connectivity index (χ2n) is 5.07. The van der Waals surface area contributed by atoms with Crippen molar-refractivity contribution in [1.82, 2.24) is 10.3 Å². The molecule has 25 heavy (non-hydrogen) atoms. The highest BCUT2D eigenvalue weighted by molar-refractivity contribution is 5.98. The van der Waals surface area contributed by atoms with E-state index in [9.17, 15) is 14.0 Å². The summed E-state index contributed by atoms with van der Waals surface area (Å²) in [5.74, 6) is -1.62. The lowest BCUT2D eigenvalue weighted by Crippen LogP contribution is -2.33. The fourth-order valence-electron chi connectivity index (χ4n) is 2.53. The van der Waals surface area contributed by atoms with Crippen LogP contribution in [0.1, 0.15) is 22.7 Å². The molecule has 1 aliphatic rings. The quantitative estimate of drug-likeness (QED) is 0.452. The van der Waals surface area contributed by atoms with E-state index in [-0.39, 0.29) is 40.0 Å². The lowest BCUT2D eigenvalue weighted by molar-refractivity contribution is 0.566. The van der Waals surface area contributed by atoms with Gasteiger partial charge in [-0.3, -0.25) is 5.32 Å². The van der Waals surface area contributed by atoms with Gasteiger partial charge in [0.1, 0.15) is 40.9 Å². The Bertz CT molecular complexity index is 986. The molecule has 2 heterocycles. The molecule has 1 unspecified atom stereocenters. The number of aliphatic imine (C=N–C) groups is 1. The van der Waals surface area contributed by atoms with Crippen LogP contribution in [0.25, 0.3) is 0 Å². The molecule has 1 aromatic heterocycles. The Balaban J connectivity index is 2.28. The molecular weight excluding hydrogens is 330 g/mol. The number of hydrogen-bond donors (Lipinski definition) is 4. The smallest absolute Gasteiger partial charge is 0.211 e. The van der Waals surface area contributed by atoms with Gasteiger partial charge in [0, 0.05) is 17.2 Å². The van der Waals surface area contributed by atoms with Crippen molar-refractivity contribution in [2.24, 2.45) is 4.99 Å². The number of nitriles is 2. The van der Waals surface area contributed by atoms with Gasteiger partial charge in [-0.05, 0) is 6.07 Å². The molecule has 2 aromatic rings. The minimum absolute atomic E-state index is 0.00329. The number of nitrogens with two attached hydrogens (primary N) is 2. The third-order valence-electron chi connectivity index (χ3n) is 3.61. The average molecular weight is 340 g/mol. The van der Waals surface area contributed by atoms with E-state index in [2.05, 4.69) is 20.6 Å². The Hall–Kier alpha value is -3.92. The fraction of sp³-hybridized carbons (Fsp3) is 0.0667. The fourth-order valence-corrected chi connectivity index (χ4v) is 2.53. The molecule has 0 saturated carbocycles. The first-order valence-electron chi connectivity index (χ1n) is 6.90. The number of rotatable bonds is 1. The summed E-state index contributed by atoms with van der Waals surface area (Å²) in [7, 11) is 0. The van der Waals surface area contributed by atoms with Crippen molar-refractivity contribution in [2.45, 2.75) is 6.04 Å². The topological polar surface area (TPSA) is 149 Å². The van der Waals surface area contributed by atoms with Gasteiger partial charge in [0.15, 0.2) is 6.19 Å². The van der Waals surface area contributed by atoms with Crippen molar-refractivity contribution < 1.29 is 8.78 Å². The largest absolute Gasteiger partial charge is 0.397 e. The Morgan fingerprint density at radius 3 is 2.64 bits per heavy atom. The maximum atomic E-state index is 14.3. The van der Waals surface area contributed by atoms with Crippen LogP contribution < -0.4 is 22.1 Å². The molecular formula is C15H10F2N8. The number of nitrogens with zero attached hydrogens (tertiary/aromatic N) is 4. The first kappa shape index (κ1) is 16.0. The minimum atomic E-state index is -1.05. The van der Waals surface area contributed by atoms with Crippen molar-refractivity contribution in [3.05, 3.63) is 46.5 Å². The van der Waals surface area contributed by atoms with E-state index < -0.39 is 17.7 Å². The van der Waals surface area contributed by atoms with E-state index in [1.807, 2.05) is 6.07 Å². The normalized spacial score (nSPS) is 15.2. The molecule has 10 heteroatoms. The molecule has 1 atom stereocenters. The van der Waals surface area contributed by atoms with E-state index in [1.165, 1.54) is 6.07 Å². The summed E-state index contributed by atoms with van der Waals surface area (Å²) in [5.41, 5.74) is 11.8. The summed E-state index contributed by atoms with van der Waals surface area (Å²) in [4.78, 5) is 8.22. The molecule has 0 amide bonds. The van der Waals surface area contributed by atoms with Gasteiger partial charge in [0.05, 0.1) is 5.69 Å². The van der Waals surface area contributed by atoms with Gasteiger partial charge in [-0.25, -0.2) is 18.8 Å². The number of anilines is 3. The summed E-state index contributed by atoms with van der Waals surface area (Å²) >= 11 is 0. The number of pyridine rings is 1. The number of nitrogen functional groups attached to an aromatic ring is 2. The molecule has 0 aliphatic carbocycles. The van der Waals surface area contributed by atoms with Gasteiger partial charge in [-0.15, -0.1) is 0 Å². The van der Waals surface area contributed by atoms with Crippen LogP contribution >= 0.6 is 0 Å². The number of guanidine groups is 1. The van der Waals surface area contributed by atoms with Crippen molar-refractivity contribution in [3.63, 3.8) is 0 Å². The third-order valence-corrected chi connectivity index (χ3v) is 3.61. The van der Waals surface area contributed by atoms with Gasteiger partial charge < -0.3 is 16.8 Å². The standard InChI is InChI=1S/C15H10F2N8/c16-6-1-2-7(9(17)3-6)12-10-11(20)8(4-18)13(21)24-14(10)25-15(23-12)22-5-19/h1-3,12H,(H6,20,21,22,23,24,25). The van der Waals surface area contributed by atoms with Crippen molar-refractivity contribution in [2.75, 3.05) is 16.8 Å². The van der Waals surface area contributed by atoms with Gasteiger partial charge in [0.2, 0.25) is 5.96 Å². The van der Waals surface area contributed by atoms with Crippen molar-refractivity contribution in [3.8, 4) is 12.3 Å². The Morgan fingerprint density at radius 1 is 1.24 bits per heavy atom. The SMILES string of the molecule is N#CNC1=NC(c2ccc(F)cc2F)c2c(nc(N)c(C#N)c2N)N1. The molecule has 1 aliphatic heterocycles. The molecule has 0 spiro atoms. The Kier molecular flexibility index (Phi) is 3.79. The highest BCUT2D eigenvalue weighted by Gasteiger charge is 2.31. The molecule has 0 bridgehead atoms. The van der Waals surface area contributed by atoms with Crippen LogP contribution in [0.5, 0.6) is 0 Å². The molecule has 8 nitrogen and oxygen atoms in total.